The molecule has 8 heteroatoms. The zero-order chi connectivity index (χ0) is 13.6. The SMILES string of the molecule is Nc1nccc2c1SCN2[C@@H]1O[C@H](CO)[C@@H](O)[C@H]1O. The van der Waals surface area contributed by atoms with E-state index in [2.05, 4.69) is 4.98 Å². The molecule has 1 fully saturated rings. The first kappa shape index (κ1) is 12.9. The number of hydrogen-bond acceptors (Lipinski definition) is 8. The lowest BCUT2D eigenvalue weighted by Crippen LogP contribution is -2.43. The van der Waals surface area contributed by atoms with Crippen molar-refractivity contribution in [1.82, 2.24) is 4.98 Å². The normalized spacial score (nSPS) is 33.7. The fraction of sp³-hybridized carbons (Fsp3) is 0.545. The Morgan fingerprint density at radius 2 is 2.26 bits per heavy atom. The summed E-state index contributed by atoms with van der Waals surface area (Å²) in [6.45, 7) is -0.332. The van der Waals surface area contributed by atoms with E-state index < -0.39 is 24.5 Å². The number of pyridine rings is 1. The Morgan fingerprint density at radius 1 is 1.47 bits per heavy atom. The van der Waals surface area contributed by atoms with Crippen LogP contribution in [0.3, 0.4) is 0 Å². The van der Waals surface area contributed by atoms with Gasteiger partial charge in [-0.15, -0.1) is 0 Å². The van der Waals surface area contributed by atoms with Crippen LogP contribution in [0.2, 0.25) is 0 Å². The number of aliphatic hydroxyl groups excluding tert-OH is 3. The molecule has 1 aromatic heterocycles. The first-order chi connectivity index (χ1) is 9.13. The Balaban J connectivity index is 1.88. The van der Waals surface area contributed by atoms with Gasteiger partial charge in [-0.25, -0.2) is 4.98 Å². The molecule has 3 rings (SSSR count). The number of ether oxygens (including phenoxy) is 1. The molecule has 5 N–H and O–H groups in total. The summed E-state index contributed by atoms with van der Waals surface area (Å²) in [6, 6.07) is 1.79. The molecule has 19 heavy (non-hydrogen) atoms. The molecule has 0 radical (unpaired) electrons. The van der Waals surface area contributed by atoms with Crippen molar-refractivity contribution in [3.8, 4) is 0 Å². The molecular weight excluding hydrogens is 270 g/mol. The van der Waals surface area contributed by atoms with Gasteiger partial charge in [0.05, 0.1) is 23.1 Å². The van der Waals surface area contributed by atoms with Gasteiger partial charge in [0, 0.05) is 6.20 Å². The largest absolute Gasteiger partial charge is 0.394 e. The van der Waals surface area contributed by atoms with E-state index in [4.69, 9.17) is 15.6 Å². The molecule has 7 nitrogen and oxygen atoms in total. The first-order valence-electron chi connectivity index (χ1n) is 5.90. The van der Waals surface area contributed by atoms with E-state index in [1.807, 2.05) is 4.90 Å². The predicted molar refractivity (Wildman–Crippen MR) is 69.6 cm³/mol. The highest BCUT2D eigenvalue weighted by atomic mass is 32.2. The number of aromatic nitrogens is 1. The van der Waals surface area contributed by atoms with Gasteiger partial charge in [-0.3, -0.25) is 0 Å². The zero-order valence-corrected chi connectivity index (χ0v) is 10.8. The van der Waals surface area contributed by atoms with Gasteiger partial charge in [0.1, 0.15) is 24.1 Å². The second-order valence-electron chi connectivity index (χ2n) is 4.52. The van der Waals surface area contributed by atoms with Crippen LogP contribution in [0.1, 0.15) is 0 Å². The van der Waals surface area contributed by atoms with Crippen LogP contribution in [0, 0.1) is 0 Å². The fourth-order valence-electron chi connectivity index (χ4n) is 2.38. The van der Waals surface area contributed by atoms with Crippen LogP contribution in [-0.2, 0) is 4.74 Å². The molecule has 0 bridgehead atoms. The van der Waals surface area contributed by atoms with Gasteiger partial charge in [0.25, 0.3) is 0 Å². The predicted octanol–water partition coefficient (Wildman–Crippen LogP) is -1.03. The van der Waals surface area contributed by atoms with Gasteiger partial charge < -0.3 is 30.7 Å². The summed E-state index contributed by atoms with van der Waals surface area (Å²) in [5.74, 6) is 0.995. The summed E-state index contributed by atoms with van der Waals surface area (Å²) in [6.07, 6.45) is -2.04. The molecule has 4 atom stereocenters. The minimum atomic E-state index is -1.09. The standard InChI is InChI=1S/C11H15N3O4S/c12-10-9-5(1-2-13-10)14(4-19-9)11-8(17)7(16)6(3-15)18-11/h1-2,6-8,11,15-17H,3-4H2,(H2,12,13)/t6-,7-,8-,11-/m1/s1. The van der Waals surface area contributed by atoms with Crippen LogP contribution >= 0.6 is 11.8 Å². The number of anilines is 2. The summed E-state index contributed by atoms with van der Waals surface area (Å²) in [5, 5.41) is 28.9. The van der Waals surface area contributed by atoms with Gasteiger partial charge >= 0.3 is 0 Å². The third-order valence-electron chi connectivity index (χ3n) is 3.39. The molecule has 1 saturated heterocycles. The van der Waals surface area contributed by atoms with Crippen molar-refractivity contribution < 1.29 is 20.1 Å². The van der Waals surface area contributed by atoms with Crippen molar-refractivity contribution in [1.29, 1.82) is 0 Å². The molecule has 0 saturated carbocycles. The fourth-order valence-corrected chi connectivity index (χ4v) is 3.47. The van der Waals surface area contributed by atoms with E-state index in [0.29, 0.717) is 11.7 Å². The second kappa shape index (κ2) is 4.80. The van der Waals surface area contributed by atoms with Crippen LogP contribution in [-0.4, -0.2) is 57.3 Å². The lowest BCUT2D eigenvalue weighted by Gasteiger charge is -2.27. The first-order valence-corrected chi connectivity index (χ1v) is 6.88. The molecule has 0 aliphatic carbocycles. The van der Waals surface area contributed by atoms with Crippen molar-refractivity contribution in [2.45, 2.75) is 29.4 Å². The maximum absolute atomic E-state index is 10.0. The lowest BCUT2D eigenvalue weighted by atomic mass is 10.1. The van der Waals surface area contributed by atoms with Crippen molar-refractivity contribution in [3.05, 3.63) is 12.3 Å². The summed E-state index contributed by atoms with van der Waals surface area (Å²) < 4.78 is 5.52. The Kier molecular flexibility index (Phi) is 3.27. The highest BCUT2D eigenvalue weighted by molar-refractivity contribution is 8.00. The number of nitrogens with two attached hydrogens (primary N) is 1. The van der Waals surface area contributed by atoms with E-state index >= 15 is 0 Å². The smallest absolute Gasteiger partial charge is 0.160 e. The van der Waals surface area contributed by atoms with Crippen LogP contribution in [0.5, 0.6) is 0 Å². The van der Waals surface area contributed by atoms with Crippen molar-refractivity contribution in [3.63, 3.8) is 0 Å². The van der Waals surface area contributed by atoms with E-state index in [0.717, 1.165) is 10.6 Å². The minimum absolute atomic E-state index is 0.332. The molecule has 2 aliphatic heterocycles. The Bertz CT molecular complexity index is 489. The third-order valence-corrected chi connectivity index (χ3v) is 4.51. The summed E-state index contributed by atoms with van der Waals surface area (Å²) in [4.78, 5) is 6.68. The lowest BCUT2D eigenvalue weighted by molar-refractivity contribution is -0.0214. The van der Waals surface area contributed by atoms with E-state index in [1.165, 1.54) is 11.8 Å². The molecule has 0 spiro atoms. The Labute approximate surface area is 114 Å². The van der Waals surface area contributed by atoms with Gasteiger partial charge in [-0.05, 0) is 6.07 Å². The van der Waals surface area contributed by atoms with Gasteiger partial charge in [0.2, 0.25) is 0 Å². The van der Waals surface area contributed by atoms with Crippen LogP contribution in [0.15, 0.2) is 17.2 Å². The topological polar surface area (TPSA) is 112 Å². The van der Waals surface area contributed by atoms with E-state index in [-0.39, 0.29) is 6.61 Å². The zero-order valence-electron chi connectivity index (χ0n) is 10.0. The molecule has 2 aliphatic rings. The van der Waals surface area contributed by atoms with Gasteiger partial charge in [-0.2, -0.15) is 0 Å². The number of nitrogens with zero attached hydrogens (tertiary/aromatic N) is 2. The van der Waals surface area contributed by atoms with Crippen LogP contribution in [0.4, 0.5) is 11.5 Å². The molecule has 0 amide bonds. The molecule has 0 aromatic carbocycles. The Hall–Kier alpha value is -1.06. The van der Waals surface area contributed by atoms with Crippen LogP contribution < -0.4 is 10.6 Å². The van der Waals surface area contributed by atoms with E-state index in [9.17, 15) is 10.2 Å². The quantitative estimate of drug-likeness (QED) is 0.546. The molecule has 3 heterocycles. The highest BCUT2D eigenvalue weighted by Crippen LogP contribution is 2.44. The number of rotatable bonds is 2. The summed E-state index contributed by atoms with van der Waals surface area (Å²) >= 11 is 1.50. The number of fused-ring (bicyclic) bond motifs is 1. The second-order valence-corrected chi connectivity index (χ2v) is 5.47. The number of thioether (sulfide) groups is 1. The highest BCUT2D eigenvalue weighted by Gasteiger charge is 2.46. The van der Waals surface area contributed by atoms with Crippen molar-refractivity contribution >= 4 is 23.3 Å². The molecule has 104 valence electrons. The maximum Gasteiger partial charge on any atom is 0.160 e. The van der Waals surface area contributed by atoms with Gasteiger partial charge in [0.15, 0.2) is 6.23 Å². The van der Waals surface area contributed by atoms with E-state index in [1.54, 1.807) is 12.3 Å². The summed E-state index contributed by atoms with van der Waals surface area (Å²) in [7, 11) is 0. The summed E-state index contributed by atoms with van der Waals surface area (Å²) in [5.41, 5.74) is 6.62. The van der Waals surface area contributed by atoms with Crippen LogP contribution in [0.25, 0.3) is 0 Å². The monoisotopic (exact) mass is 285 g/mol. The third kappa shape index (κ3) is 1.96. The molecule has 1 aromatic rings. The average Bonchev–Trinajstić information content (AvgIpc) is 2.94. The van der Waals surface area contributed by atoms with Gasteiger partial charge in [-0.1, -0.05) is 11.8 Å². The molecular formula is C11H15N3O4S. The van der Waals surface area contributed by atoms with Crippen molar-refractivity contribution in [2.75, 3.05) is 23.1 Å². The number of nitrogen functional groups attached to an aromatic ring is 1. The minimum Gasteiger partial charge on any atom is -0.394 e. The molecule has 0 unspecified atom stereocenters. The maximum atomic E-state index is 10.0. The number of aliphatic hydroxyl groups is 3. The Morgan fingerprint density at radius 3 is 2.95 bits per heavy atom. The van der Waals surface area contributed by atoms with Crippen molar-refractivity contribution in [2.24, 2.45) is 0 Å². The average molecular weight is 285 g/mol. The number of hydrogen-bond donors (Lipinski definition) is 4.